The fourth-order valence-corrected chi connectivity index (χ4v) is 1.74. The van der Waals surface area contributed by atoms with Crippen molar-refractivity contribution in [2.24, 2.45) is 0 Å². The lowest BCUT2D eigenvalue weighted by Crippen LogP contribution is -1.84. The van der Waals surface area contributed by atoms with Crippen LogP contribution in [0.2, 0.25) is 0 Å². The molecule has 60 valence electrons. The molecule has 1 rings (SSSR count). The molecule has 1 aromatic carbocycles. The molecule has 0 saturated carbocycles. The van der Waals surface area contributed by atoms with Crippen LogP contribution in [0.15, 0.2) is 29.2 Å². The second-order valence-corrected chi connectivity index (χ2v) is 3.51. The van der Waals surface area contributed by atoms with E-state index in [1.807, 2.05) is 24.3 Å². The lowest BCUT2D eigenvalue weighted by molar-refractivity contribution is 0.405. The van der Waals surface area contributed by atoms with Crippen molar-refractivity contribution in [1.82, 2.24) is 0 Å². The van der Waals surface area contributed by atoms with Crippen LogP contribution in [0.3, 0.4) is 0 Å². The predicted octanol–water partition coefficient (Wildman–Crippen LogP) is 2.98. The summed E-state index contributed by atoms with van der Waals surface area (Å²) in [6.45, 7) is 0. The van der Waals surface area contributed by atoms with Crippen molar-refractivity contribution in [3.05, 3.63) is 24.3 Å². The van der Waals surface area contributed by atoms with Gasteiger partial charge in [-0.3, -0.25) is 0 Å². The van der Waals surface area contributed by atoms with E-state index in [1.54, 1.807) is 18.9 Å². The van der Waals surface area contributed by atoms with Crippen LogP contribution in [0.4, 0.5) is 0 Å². The zero-order valence-electron chi connectivity index (χ0n) is 6.21. The summed E-state index contributed by atoms with van der Waals surface area (Å²) in [5.41, 5.74) is 0. The Morgan fingerprint density at radius 1 is 1.45 bits per heavy atom. The molecule has 0 spiro atoms. The molecule has 0 aliphatic carbocycles. The van der Waals surface area contributed by atoms with E-state index in [0.29, 0.717) is 5.21 Å². The largest absolute Gasteiger partial charge is 0.496 e. The van der Waals surface area contributed by atoms with E-state index in [1.165, 1.54) is 0 Å². The first-order valence-electron chi connectivity index (χ1n) is 3.20. The third-order valence-corrected chi connectivity index (χ3v) is 2.36. The Kier molecular flexibility index (Phi) is 3.60. The molecule has 11 heavy (non-hydrogen) atoms. The molecule has 0 N–H and O–H groups in total. The maximum atomic E-state index is 5.57. The number of rotatable bonds is 3. The standard InChI is InChI=1S/C8H9ClOS/c1-10-7-4-2-3-5-8(7)11-6-9/h2-5H,6H2,1H3. The first kappa shape index (κ1) is 8.75. The number of hydrogen-bond donors (Lipinski definition) is 0. The summed E-state index contributed by atoms with van der Waals surface area (Å²) >= 11 is 7.14. The van der Waals surface area contributed by atoms with Gasteiger partial charge in [0, 0.05) is 0 Å². The highest BCUT2D eigenvalue weighted by atomic mass is 35.5. The molecule has 0 heterocycles. The Morgan fingerprint density at radius 3 is 2.82 bits per heavy atom. The smallest absolute Gasteiger partial charge is 0.132 e. The first-order valence-corrected chi connectivity index (χ1v) is 4.72. The lowest BCUT2D eigenvalue weighted by atomic mass is 10.3. The number of hydrogen-bond acceptors (Lipinski definition) is 2. The maximum absolute atomic E-state index is 5.57. The molecule has 3 heteroatoms. The Morgan fingerprint density at radius 2 is 2.18 bits per heavy atom. The van der Waals surface area contributed by atoms with Crippen LogP contribution in [0.1, 0.15) is 0 Å². The molecule has 0 aliphatic rings. The van der Waals surface area contributed by atoms with E-state index in [2.05, 4.69) is 0 Å². The topological polar surface area (TPSA) is 9.23 Å². The van der Waals surface area contributed by atoms with Crippen LogP contribution in [0, 0.1) is 0 Å². The summed E-state index contributed by atoms with van der Waals surface area (Å²) in [5.74, 6) is 0.887. The van der Waals surface area contributed by atoms with E-state index in [0.717, 1.165) is 10.6 Å². The van der Waals surface area contributed by atoms with Gasteiger partial charge < -0.3 is 4.74 Å². The van der Waals surface area contributed by atoms with Gasteiger partial charge in [-0.15, -0.1) is 23.4 Å². The number of thioether (sulfide) groups is 1. The normalized spacial score (nSPS) is 9.64. The molecule has 0 bridgehead atoms. The molecule has 1 nitrogen and oxygen atoms in total. The predicted molar refractivity (Wildman–Crippen MR) is 49.6 cm³/mol. The van der Waals surface area contributed by atoms with Crippen molar-refractivity contribution >= 4 is 23.4 Å². The van der Waals surface area contributed by atoms with Gasteiger partial charge in [-0.1, -0.05) is 12.1 Å². The fraction of sp³-hybridized carbons (Fsp3) is 0.250. The number of halogens is 1. The molecule has 0 aliphatic heterocycles. The van der Waals surface area contributed by atoms with Crippen LogP contribution in [-0.4, -0.2) is 12.3 Å². The number of ether oxygens (including phenoxy) is 1. The van der Waals surface area contributed by atoms with Gasteiger partial charge >= 0.3 is 0 Å². The van der Waals surface area contributed by atoms with Crippen LogP contribution < -0.4 is 4.74 Å². The van der Waals surface area contributed by atoms with E-state index in [4.69, 9.17) is 16.3 Å². The molecular formula is C8H9ClOS. The zero-order valence-corrected chi connectivity index (χ0v) is 7.78. The van der Waals surface area contributed by atoms with Crippen molar-refractivity contribution < 1.29 is 4.74 Å². The molecule has 0 fully saturated rings. The summed E-state index contributed by atoms with van der Waals surface area (Å²) in [6.07, 6.45) is 0. The molecule has 0 unspecified atom stereocenters. The van der Waals surface area contributed by atoms with E-state index >= 15 is 0 Å². The van der Waals surface area contributed by atoms with E-state index in [9.17, 15) is 0 Å². The van der Waals surface area contributed by atoms with Gasteiger partial charge in [-0.2, -0.15) is 0 Å². The highest BCUT2D eigenvalue weighted by molar-refractivity contribution is 8.00. The zero-order chi connectivity index (χ0) is 8.10. The van der Waals surface area contributed by atoms with Crippen molar-refractivity contribution in [1.29, 1.82) is 0 Å². The SMILES string of the molecule is COc1ccccc1SCCl. The highest BCUT2D eigenvalue weighted by Crippen LogP contribution is 2.28. The number of alkyl halides is 1. The molecular weight excluding hydrogens is 180 g/mol. The first-order chi connectivity index (χ1) is 5.38. The van der Waals surface area contributed by atoms with Gasteiger partial charge in [0.05, 0.1) is 17.2 Å². The molecule has 0 aromatic heterocycles. The summed E-state index contributed by atoms with van der Waals surface area (Å²) in [4.78, 5) is 1.09. The molecule has 0 atom stereocenters. The minimum absolute atomic E-state index is 0.556. The average Bonchev–Trinajstić information content (AvgIpc) is 2.06. The van der Waals surface area contributed by atoms with Crippen LogP contribution >= 0.6 is 23.4 Å². The Hall–Kier alpha value is -0.340. The Bertz CT molecular complexity index is 227. The summed E-state index contributed by atoms with van der Waals surface area (Å²) in [5, 5.41) is 0.556. The monoisotopic (exact) mass is 188 g/mol. The minimum Gasteiger partial charge on any atom is -0.496 e. The second-order valence-electron chi connectivity index (χ2n) is 1.90. The van der Waals surface area contributed by atoms with Crippen molar-refractivity contribution in [2.75, 3.05) is 12.3 Å². The lowest BCUT2D eigenvalue weighted by Gasteiger charge is -2.04. The number of benzene rings is 1. The molecule has 0 amide bonds. The van der Waals surface area contributed by atoms with Crippen LogP contribution in [-0.2, 0) is 0 Å². The van der Waals surface area contributed by atoms with E-state index < -0.39 is 0 Å². The van der Waals surface area contributed by atoms with Gasteiger partial charge in [0.2, 0.25) is 0 Å². The van der Waals surface area contributed by atoms with Crippen molar-refractivity contribution in [3.63, 3.8) is 0 Å². The Labute approximate surface area is 75.7 Å². The van der Waals surface area contributed by atoms with Crippen molar-refractivity contribution in [3.8, 4) is 5.75 Å². The second kappa shape index (κ2) is 4.52. The third kappa shape index (κ3) is 2.31. The maximum Gasteiger partial charge on any atom is 0.132 e. The summed E-state index contributed by atoms with van der Waals surface area (Å²) in [6, 6.07) is 7.83. The van der Waals surface area contributed by atoms with Crippen LogP contribution in [0.5, 0.6) is 5.75 Å². The highest BCUT2D eigenvalue weighted by Gasteiger charge is 1.99. The van der Waals surface area contributed by atoms with Crippen molar-refractivity contribution in [2.45, 2.75) is 4.90 Å². The number of para-hydroxylation sites is 1. The quantitative estimate of drug-likeness (QED) is 0.533. The Balaban J connectivity index is 2.83. The third-order valence-electron chi connectivity index (χ3n) is 1.28. The fourth-order valence-electron chi connectivity index (χ4n) is 0.797. The van der Waals surface area contributed by atoms with Gasteiger partial charge in [0.25, 0.3) is 0 Å². The molecule has 0 radical (unpaired) electrons. The van der Waals surface area contributed by atoms with Crippen LogP contribution in [0.25, 0.3) is 0 Å². The van der Waals surface area contributed by atoms with Gasteiger partial charge in [0.15, 0.2) is 0 Å². The van der Waals surface area contributed by atoms with Gasteiger partial charge in [-0.25, -0.2) is 0 Å². The minimum atomic E-state index is 0.556. The van der Waals surface area contributed by atoms with E-state index in [-0.39, 0.29) is 0 Å². The average molecular weight is 189 g/mol. The number of methoxy groups -OCH3 is 1. The van der Waals surface area contributed by atoms with Gasteiger partial charge in [-0.05, 0) is 12.1 Å². The molecule has 0 saturated heterocycles. The van der Waals surface area contributed by atoms with Gasteiger partial charge in [0.1, 0.15) is 5.75 Å². The molecule has 1 aromatic rings. The summed E-state index contributed by atoms with van der Waals surface area (Å²) in [7, 11) is 1.66. The summed E-state index contributed by atoms with van der Waals surface area (Å²) < 4.78 is 5.12.